The molecule has 0 bridgehead atoms. The van der Waals surface area contributed by atoms with Crippen LogP contribution in [0.3, 0.4) is 0 Å². The summed E-state index contributed by atoms with van der Waals surface area (Å²) in [5.74, 6) is -1.37. The zero-order valence-corrected chi connectivity index (χ0v) is 20.2. The van der Waals surface area contributed by atoms with E-state index in [9.17, 15) is 43.8 Å². The zero-order chi connectivity index (χ0) is 27.6. The number of hydrogen-bond acceptors (Lipinski definition) is 8. The predicted octanol–water partition coefficient (Wildman–Crippen LogP) is 1.18. The lowest BCUT2D eigenvalue weighted by Crippen LogP contribution is -2.44. The van der Waals surface area contributed by atoms with Crippen molar-refractivity contribution in [2.45, 2.75) is 29.1 Å². The molecule has 37 heavy (non-hydrogen) atoms. The highest BCUT2D eigenvalue weighted by Crippen LogP contribution is 2.18. The molecule has 0 radical (unpaired) electrons. The number of urea groups is 2. The molecule has 0 spiro atoms. The number of hydrogen-bond donors (Lipinski definition) is 6. The van der Waals surface area contributed by atoms with E-state index in [1.165, 1.54) is 24.3 Å². The molecule has 2 aromatic carbocycles. The van der Waals surface area contributed by atoms with E-state index in [1.54, 1.807) is 0 Å². The van der Waals surface area contributed by atoms with E-state index in [1.807, 2.05) is 21.7 Å². The van der Waals surface area contributed by atoms with Crippen molar-refractivity contribution in [1.82, 2.24) is 21.7 Å². The average Bonchev–Trinajstić information content (AvgIpc) is 2.81. The maximum absolute atomic E-state index is 13.0. The molecule has 0 aliphatic carbocycles. The van der Waals surface area contributed by atoms with Crippen molar-refractivity contribution >= 4 is 55.7 Å². The number of hydrazine groups is 2. The fourth-order valence-corrected chi connectivity index (χ4v) is 3.58. The van der Waals surface area contributed by atoms with Gasteiger partial charge >= 0.3 is 32.5 Å². The highest BCUT2D eigenvalue weighted by atomic mass is 32.3. The maximum atomic E-state index is 13.0. The smallest absolute Gasteiger partial charge is 0.307 e. The third kappa shape index (κ3) is 10.4. The van der Waals surface area contributed by atoms with Crippen LogP contribution in [0.4, 0.5) is 28.7 Å². The van der Waals surface area contributed by atoms with Crippen molar-refractivity contribution in [3.63, 3.8) is 0 Å². The molecule has 2 aromatic rings. The summed E-state index contributed by atoms with van der Waals surface area (Å²) < 4.78 is 69.6. The lowest BCUT2D eigenvalue weighted by Gasteiger charge is -2.10. The molecule has 2 rings (SSSR count). The van der Waals surface area contributed by atoms with Crippen LogP contribution in [0.25, 0.3) is 0 Å². The fourth-order valence-electron chi connectivity index (χ4n) is 2.56. The van der Waals surface area contributed by atoms with Gasteiger partial charge in [-0.25, -0.2) is 20.4 Å². The quantitative estimate of drug-likeness (QED) is 0.203. The van der Waals surface area contributed by atoms with Crippen LogP contribution in [0.5, 0.6) is 0 Å². The fraction of sp³-hybridized carbons (Fsp3) is 0.158. The monoisotopic (exact) mass is 562 g/mol. The number of rotatable bonds is 8. The standard InChI is InChI=1S/C19H20F2N6O8S2/c20-36(32,33)14-6-1-4-12(10-14)22-18(30)26-24-16(28)8-3-9-17(29)25-27-19(31)23-13-5-2-7-15(11-13)37(21,34)35/h1-2,4-7,10-11H,3,8-9H2,(H,24,28)(H,25,29)(H2,22,26,30)(H2,23,27,31). The second-order valence-electron chi connectivity index (χ2n) is 7.04. The molecule has 0 saturated carbocycles. The molecule has 0 unspecified atom stereocenters. The van der Waals surface area contributed by atoms with E-state index in [0.29, 0.717) is 0 Å². The average molecular weight is 563 g/mol. The van der Waals surface area contributed by atoms with Crippen LogP contribution in [0, 0.1) is 0 Å². The van der Waals surface area contributed by atoms with Gasteiger partial charge in [-0.3, -0.25) is 20.4 Å². The molecule has 0 aromatic heterocycles. The lowest BCUT2D eigenvalue weighted by atomic mass is 10.2. The summed E-state index contributed by atoms with van der Waals surface area (Å²) in [7, 11) is -9.93. The number of carbonyl (C=O) groups excluding carboxylic acids is 4. The number of anilines is 2. The van der Waals surface area contributed by atoms with Gasteiger partial charge in [-0.2, -0.15) is 16.8 Å². The Labute approximate surface area is 209 Å². The van der Waals surface area contributed by atoms with Crippen LogP contribution in [0.1, 0.15) is 19.3 Å². The van der Waals surface area contributed by atoms with E-state index in [2.05, 4.69) is 10.6 Å². The Hall–Kier alpha value is -4.32. The number of nitrogens with one attached hydrogen (secondary N) is 6. The van der Waals surface area contributed by atoms with Gasteiger partial charge in [-0.05, 0) is 42.8 Å². The zero-order valence-electron chi connectivity index (χ0n) is 18.6. The summed E-state index contributed by atoms with van der Waals surface area (Å²) >= 11 is 0. The van der Waals surface area contributed by atoms with Crippen LogP contribution in [0.15, 0.2) is 58.3 Å². The Morgan fingerprint density at radius 2 is 1.00 bits per heavy atom. The van der Waals surface area contributed by atoms with Crippen molar-refractivity contribution in [3.8, 4) is 0 Å². The Kier molecular flexibility index (Phi) is 9.83. The molecule has 14 nitrogen and oxygen atoms in total. The molecule has 0 fully saturated rings. The first-order valence-electron chi connectivity index (χ1n) is 10.0. The predicted molar refractivity (Wildman–Crippen MR) is 124 cm³/mol. The van der Waals surface area contributed by atoms with Gasteiger partial charge < -0.3 is 10.6 Å². The summed E-state index contributed by atoms with van der Waals surface area (Å²) in [6.07, 6.45) is -0.406. The van der Waals surface area contributed by atoms with Gasteiger partial charge in [0.2, 0.25) is 11.8 Å². The lowest BCUT2D eigenvalue weighted by molar-refractivity contribution is -0.123. The summed E-state index contributed by atoms with van der Waals surface area (Å²) in [6, 6.07) is 6.77. The van der Waals surface area contributed by atoms with Gasteiger partial charge in [0, 0.05) is 24.2 Å². The minimum Gasteiger partial charge on any atom is -0.307 e. The molecule has 6 amide bonds. The van der Waals surface area contributed by atoms with Crippen molar-refractivity contribution in [3.05, 3.63) is 48.5 Å². The first-order valence-corrected chi connectivity index (χ1v) is 12.8. The van der Waals surface area contributed by atoms with Crippen LogP contribution in [0.2, 0.25) is 0 Å². The van der Waals surface area contributed by atoms with E-state index in [0.717, 1.165) is 24.3 Å². The highest BCUT2D eigenvalue weighted by Gasteiger charge is 2.14. The van der Waals surface area contributed by atoms with Gasteiger partial charge in [-0.15, -0.1) is 7.77 Å². The maximum Gasteiger partial charge on any atom is 0.337 e. The number of halogens is 2. The van der Waals surface area contributed by atoms with Gasteiger partial charge in [0.05, 0.1) is 0 Å². The third-order valence-electron chi connectivity index (χ3n) is 4.19. The Morgan fingerprint density at radius 3 is 1.35 bits per heavy atom. The largest absolute Gasteiger partial charge is 0.337 e. The van der Waals surface area contributed by atoms with Crippen molar-refractivity contribution in [1.29, 1.82) is 0 Å². The third-order valence-corrected chi connectivity index (χ3v) is 5.82. The first-order chi connectivity index (χ1) is 17.2. The summed E-state index contributed by atoms with van der Waals surface area (Å²) in [4.78, 5) is 45.7. The van der Waals surface area contributed by atoms with Crippen LogP contribution < -0.4 is 32.3 Å². The molecule has 0 heterocycles. The molecule has 0 aliphatic heterocycles. The van der Waals surface area contributed by atoms with Crippen molar-refractivity contribution < 1.29 is 43.8 Å². The van der Waals surface area contributed by atoms with Crippen LogP contribution >= 0.6 is 0 Å². The molecule has 0 atom stereocenters. The molecule has 0 saturated heterocycles. The topological polar surface area (TPSA) is 209 Å². The summed E-state index contributed by atoms with van der Waals surface area (Å²) in [5, 5.41) is 4.37. The molecular formula is C19H20F2N6O8S2. The van der Waals surface area contributed by atoms with Gasteiger partial charge in [-0.1, -0.05) is 12.1 Å². The van der Waals surface area contributed by atoms with Crippen LogP contribution in [-0.2, 0) is 30.0 Å². The van der Waals surface area contributed by atoms with E-state index in [-0.39, 0.29) is 30.6 Å². The minimum absolute atomic E-state index is 0.0110. The second-order valence-corrected chi connectivity index (χ2v) is 9.73. The van der Waals surface area contributed by atoms with Crippen molar-refractivity contribution in [2.75, 3.05) is 10.6 Å². The molecule has 18 heteroatoms. The van der Waals surface area contributed by atoms with Gasteiger partial charge in [0.1, 0.15) is 9.79 Å². The van der Waals surface area contributed by atoms with Crippen molar-refractivity contribution in [2.24, 2.45) is 0 Å². The van der Waals surface area contributed by atoms with E-state index >= 15 is 0 Å². The number of carbonyl (C=O) groups is 4. The van der Waals surface area contributed by atoms with Gasteiger partial charge in [0.15, 0.2) is 0 Å². The summed E-state index contributed by atoms with van der Waals surface area (Å²) in [6.45, 7) is 0. The molecule has 0 aliphatic rings. The first kappa shape index (κ1) is 28.9. The van der Waals surface area contributed by atoms with Crippen LogP contribution in [-0.4, -0.2) is 40.7 Å². The normalized spacial score (nSPS) is 11.1. The number of amides is 6. The Bertz CT molecular complexity index is 1300. The SMILES string of the molecule is O=C(CCCC(=O)NNC(=O)Nc1cccc(S(=O)(=O)F)c1)NNC(=O)Nc1cccc(S(=O)(=O)F)c1. The molecule has 6 N–H and O–H groups in total. The molecule has 200 valence electrons. The molecular weight excluding hydrogens is 542 g/mol. The highest BCUT2D eigenvalue weighted by molar-refractivity contribution is 7.86. The summed E-state index contributed by atoms with van der Waals surface area (Å²) in [5.41, 5.74) is 7.93. The van der Waals surface area contributed by atoms with E-state index in [4.69, 9.17) is 0 Å². The number of benzene rings is 2. The van der Waals surface area contributed by atoms with Gasteiger partial charge in [0.25, 0.3) is 0 Å². The Balaban J connectivity index is 1.66. The Morgan fingerprint density at radius 1 is 0.622 bits per heavy atom. The second kappa shape index (κ2) is 12.6. The van der Waals surface area contributed by atoms with E-state index < -0.39 is 54.1 Å². The minimum atomic E-state index is -4.97.